The molecule has 10 heteroatoms. The highest BCUT2D eigenvalue weighted by Crippen LogP contribution is 2.24. The van der Waals surface area contributed by atoms with Crippen LogP contribution in [-0.2, 0) is 22.4 Å². The van der Waals surface area contributed by atoms with Crippen molar-refractivity contribution in [1.29, 1.82) is 0 Å². The third kappa shape index (κ3) is 9.16. The summed E-state index contributed by atoms with van der Waals surface area (Å²) in [6, 6.07) is 21.1. The fourth-order valence-electron chi connectivity index (χ4n) is 6.24. The highest BCUT2D eigenvalue weighted by Gasteiger charge is 2.31. The Balaban J connectivity index is 0.000000181. The van der Waals surface area contributed by atoms with E-state index in [1.807, 2.05) is 59.6 Å². The van der Waals surface area contributed by atoms with Crippen LogP contribution in [0, 0.1) is 0 Å². The number of hydrogen-bond acceptors (Lipinski definition) is 8. The molecule has 0 aliphatic carbocycles. The summed E-state index contributed by atoms with van der Waals surface area (Å²) in [5, 5.41) is 6.15. The minimum absolute atomic E-state index is 0.277. The fourth-order valence-corrected chi connectivity index (χ4v) is 7.60. The maximum atomic E-state index is 12.6. The van der Waals surface area contributed by atoms with Gasteiger partial charge < -0.3 is 19.6 Å². The molecule has 2 saturated heterocycles. The zero-order chi connectivity index (χ0) is 32.1. The van der Waals surface area contributed by atoms with Crippen molar-refractivity contribution in [2.24, 2.45) is 0 Å². The first-order valence-electron chi connectivity index (χ1n) is 16.5. The van der Waals surface area contributed by atoms with Gasteiger partial charge in [0.25, 0.3) is 0 Å². The van der Waals surface area contributed by atoms with E-state index in [1.54, 1.807) is 22.7 Å². The van der Waals surface area contributed by atoms with Gasteiger partial charge in [-0.25, -0.2) is 9.97 Å². The van der Waals surface area contributed by atoms with Crippen LogP contribution in [0.2, 0.25) is 0 Å². The Kier molecular flexibility index (Phi) is 12.6. The molecule has 0 radical (unpaired) electrons. The Hall–Kier alpha value is -3.76. The summed E-state index contributed by atoms with van der Waals surface area (Å²) in [5.41, 5.74) is 2.46. The first-order chi connectivity index (χ1) is 22.6. The molecule has 2 unspecified atom stereocenters. The van der Waals surface area contributed by atoms with Crippen molar-refractivity contribution >= 4 is 44.8 Å². The second-order valence-corrected chi connectivity index (χ2v) is 13.5. The molecule has 8 nitrogen and oxygen atoms in total. The van der Waals surface area contributed by atoms with Gasteiger partial charge in [0.2, 0.25) is 11.8 Å². The summed E-state index contributed by atoms with van der Waals surface area (Å²) in [7, 11) is 0. The number of thiazole rings is 2. The summed E-state index contributed by atoms with van der Waals surface area (Å²) in [6.07, 6.45) is 8.50. The van der Waals surface area contributed by atoms with Gasteiger partial charge >= 0.3 is 0 Å². The molecule has 6 rings (SSSR count). The molecule has 4 heterocycles. The molecule has 46 heavy (non-hydrogen) atoms. The second kappa shape index (κ2) is 17.2. The zero-order valence-corrected chi connectivity index (χ0v) is 28.7. The van der Waals surface area contributed by atoms with Gasteiger partial charge in [0, 0.05) is 87.3 Å². The minimum Gasteiger partial charge on any atom is -0.344 e. The first kappa shape index (κ1) is 33.6. The number of rotatable bonds is 10. The van der Waals surface area contributed by atoms with E-state index >= 15 is 0 Å². The summed E-state index contributed by atoms with van der Waals surface area (Å²) in [5.74, 6) is 0.555. The summed E-state index contributed by atoms with van der Waals surface area (Å²) in [4.78, 5) is 42.8. The number of benzene rings is 2. The van der Waals surface area contributed by atoms with Crippen LogP contribution in [0.4, 0.5) is 10.3 Å². The van der Waals surface area contributed by atoms with E-state index in [4.69, 9.17) is 0 Å². The molecule has 2 fully saturated rings. The molecule has 2 aromatic carbocycles. The smallest absolute Gasteiger partial charge is 0.223 e. The number of nitrogens with zero attached hydrogens (tertiary/aromatic N) is 6. The van der Waals surface area contributed by atoms with Gasteiger partial charge in [-0.15, -0.1) is 22.7 Å². The molecule has 2 aliphatic rings. The molecule has 2 atom stereocenters. The summed E-state index contributed by atoms with van der Waals surface area (Å²) >= 11 is 3.34. The van der Waals surface area contributed by atoms with Crippen LogP contribution in [-0.4, -0.2) is 82.9 Å². The summed E-state index contributed by atoms with van der Waals surface area (Å²) < 4.78 is 0. The molecule has 4 aromatic rings. The Morgan fingerprint density at radius 3 is 1.41 bits per heavy atom. The highest BCUT2D eigenvalue weighted by atomic mass is 32.1. The fraction of sp³-hybridized carbons (Fsp3) is 0.444. The van der Waals surface area contributed by atoms with Crippen molar-refractivity contribution in [3.05, 3.63) is 94.9 Å². The van der Waals surface area contributed by atoms with E-state index in [1.165, 1.54) is 11.1 Å². The molecule has 0 N–H and O–H groups in total. The van der Waals surface area contributed by atoms with Crippen molar-refractivity contribution < 1.29 is 9.59 Å². The Labute approximate surface area is 281 Å². The Morgan fingerprint density at radius 2 is 1.07 bits per heavy atom. The number of carbonyl (C=O) groups is 2. The molecule has 2 aromatic heterocycles. The molecule has 2 amide bonds. The molecule has 244 valence electrons. The molecule has 0 bridgehead atoms. The zero-order valence-electron chi connectivity index (χ0n) is 27.0. The molecule has 0 spiro atoms. The number of aryl methyl sites for hydroxylation is 2. The third-order valence-corrected chi connectivity index (χ3v) is 10.5. The van der Waals surface area contributed by atoms with Crippen LogP contribution in [0.3, 0.4) is 0 Å². The normalized spacial score (nSPS) is 18.2. The van der Waals surface area contributed by atoms with Crippen molar-refractivity contribution in [1.82, 2.24) is 19.8 Å². The van der Waals surface area contributed by atoms with Crippen LogP contribution in [0.15, 0.2) is 83.8 Å². The van der Waals surface area contributed by atoms with E-state index in [2.05, 4.69) is 67.7 Å². The van der Waals surface area contributed by atoms with Crippen LogP contribution < -0.4 is 9.80 Å². The van der Waals surface area contributed by atoms with Gasteiger partial charge in [-0.05, 0) is 36.8 Å². The average molecular weight is 659 g/mol. The predicted octanol–water partition coefficient (Wildman–Crippen LogP) is 6.41. The van der Waals surface area contributed by atoms with Crippen molar-refractivity contribution in [3.8, 4) is 0 Å². The predicted molar refractivity (Wildman–Crippen MR) is 190 cm³/mol. The number of hydrogen-bond donors (Lipinski definition) is 0. The number of piperazine rings is 2. The monoisotopic (exact) mass is 658 g/mol. The Morgan fingerprint density at radius 1 is 0.652 bits per heavy atom. The minimum atomic E-state index is 0.277. The SMILES string of the molecule is CCC1CN(c2nccs2)CCN1C(=O)CCc1ccccc1.CCC1CN(c2nccs2)CCN1C(=O)CCc1ccccc1. The van der Waals surface area contributed by atoms with Crippen LogP contribution >= 0.6 is 22.7 Å². The lowest BCUT2D eigenvalue weighted by Gasteiger charge is -2.41. The lowest BCUT2D eigenvalue weighted by atomic mass is 10.1. The maximum absolute atomic E-state index is 12.6. The molecule has 2 aliphatic heterocycles. The average Bonchev–Trinajstić information content (AvgIpc) is 3.86. The van der Waals surface area contributed by atoms with E-state index in [0.717, 1.165) is 75.2 Å². The second-order valence-electron chi connectivity index (χ2n) is 11.8. The largest absolute Gasteiger partial charge is 0.344 e. The van der Waals surface area contributed by atoms with Gasteiger partial charge in [-0.2, -0.15) is 0 Å². The van der Waals surface area contributed by atoms with Crippen LogP contribution in [0.25, 0.3) is 0 Å². The van der Waals surface area contributed by atoms with Gasteiger partial charge in [-0.3, -0.25) is 9.59 Å². The molecule has 0 saturated carbocycles. The van der Waals surface area contributed by atoms with Gasteiger partial charge in [0.05, 0.1) is 0 Å². The maximum Gasteiger partial charge on any atom is 0.223 e. The van der Waals surface area contributed by atoms with Crippen molar-refractivity contribution in [3.63, 3.8) is 0 Å². The van der Waals surface area contributed by atoms with E-state index in [0.29, 0.717) is 12.8 Å². The van der Waals surface area contributed by atoms with E-state index < -0.39 is 0 Å². The standard InChI is InChI=1S/2C18H23N3OS/c2*1-2-16-14-20(18-19-10-13-23-18)11-12-21(16)17(22)9-8-15-6-4-3-5-7-15/h2*3-7,10,13,16H,2,8-9,11-12,14H2,1H3. The van der Waals surface area contributed by atoms with Gasteiger partial charge in [0.15, 0.2) is 10.3 Å². The Bertz CT molecular complexity index is 1340. The molecular weight excluding hydrogens is 613 g/mol. The lowest BCUT2D eigenvalue weighted by Crippen LogP contribution is -2.55. The van der Waals surface area contributed by atoms with Crippen molar-refractivity contribution in [2.45, 2.75) is 64.5 Å². The number of aromatic nitrogens is 2. The van der Waals surface area contributed by atoms with Crippen LogP contribution in [0.5, 0.6) is 0 Å². The summed E-state index contributed by atoms with van der Waals surface area (Å²) in [6.45, 7) is 9.45. The van der Waals surface area contributed by atoms with Gasteiger partial charge in [0.1, 0.15) is 0 Å². The number of amides is 2. The number of carbonyl (C=O) groups excluding carboxylic acids is 2. The molecular formula is C36H46N6O2S2. The quantitative estimate of drug-likeness (QED) is 0.196. The highest BCUT2D eigenvalue weighted by molar-refractivity contribution is 7.13. The van der Waals surface area contributed by atoms with Crippen LogP contribution in [0.1, 0.15) is 50.7 Å². The third-order valence-electron chi connectivity index (χ3n) is 8.87. The topological polar surface area (TPSA) is 72.9 Å². The lowest BCUT2D eigenvalue weighted by molar-refractivity contribution is -0.134. The number of anilines is 2. The first-order valence-corrected chi connectivity index (χ1v) is 18.3. The van der Waals surface area contributed by atoms with E-state index in [-0.39, 0.29) is 23.9 Å². The van der Waals surface area contributed by atoms with Gasteiger partial charge in [-0.1, -0.05) is 74.5 Å². The van der Waals surface area contributed by atoms with Crippen molar-refractivity contribution in [2.75, 3.05) is 49.1 Å². The van der Waals surface area contributed by atoms with E-state index in [9.17, 15) is 9.59 Å².